The molecule has 0 aromatic heterocycles. The van der Waals surface area contributed by atoms with Crippen LogP contribution in [0.4, 0.5) is 5.69 Å². The van der Waals surface area contributed by atoms with Crippen molar-refractivity contribution in [1.82, 2.24) is 5.32 Å². The summed E-state index contributed by atoms with van der Waals surface area (Å²) in [6.45, 7) is 1.01. The van der Waals surface area contributed by atoms with Crippen LogP contribution in [-0.4, -0.2) is 31.6 Å². The van der Waals surface area contributed by atoms with Crippen molar-refractivity contribution in [3.8, 4) is 0 Å². The SMILES string of the molecule is COC(=O)CCc1ccc(NC(=O)CC2CCCN2)cc1.Cl. The van der Waals surface area contributed by atoms with Crippen molar-refractivity contribution >= 4 is 30.0 Å². The van der Waals surface area contributed by atoms with Crippen molar-refractivity contribution < 1.29 is 14.3 Å². The molecule has 1 unspecified atom stereocenters. The Kier molecular flexibility index (Phi) is 7.91. The Morgan fingerprint density at radius 2 is 2.05 bits per heavy atom. The summed E-state index contributed by atoms with van der Waals surface area (Å²) in [5.41, 5.74) is 1.84. The standard InChI is InChI=1S/C16H22N2O3.ClH/c1-21-16(20)9-6-12-4-7-13(8-5-12)18-15(19)11-14-3-2-10-17-14;/h4-5,7-8,14,17H,2-3,6,9-11H2,1H3,(H,18,19);1H. The molecule has 0 radical (unpaired) electrons. The van der Waals surface area contributed by atoms with Crippen LogP contribution in [0.3, 0.4) is 0 Å². The quantitative estimate of drug-likeness (QED) is 0.787. The normalized spacial score (nSPS) is 16.7. The fourth-order valence-electron chi connectivity index (χ4n) is 2.47. The molecule has 0 aliphatic carbocycles. The Bertz CT molecular complexity index is 485. The fraction of sp³-hybridized carbons (Fsp3) is 0.500. The zero-order chi connectivity index (χ0) is 15.1. The fourth-order valence-corrected chi connectivity index (χ4v) is 2.47. The van der Waals surface area contributed by atoms with Gasteiger partial charge in [0.05, 0.1) is 7.11 Å². The van der Waals surface area contributed by atoms with Crippen molar-refractivity contribution in [2.24, 2.45) is 0 Å². The lowest BCUT2D eigenvalue weighted by Crippen LogP contribution is -2.27. The van der Waals surface area contributed by atoms with Crippen LogP contribution < -0.4 is 10.6 Å². The lowest BCUT2D eigenvalue weighted by Gasteiger charge is -2.10. The van der Waals surface area contributed by atoms with E-state index in [9.17, 15) is 9.59 Å². The second-order valence-corrected chi connectivity index (χ2v) is 5.32. The summed E-state index contributed by atoms with van der Waals surface area (Å²) in [5, 5.41) is 6.21. The maximum absolute atomic E-state index is 11.9. The molecule has 1 aromatic carbocycles. The van der Waals surface area contributed by atoms with Gasteiger partial charge in [0.25, 0.3) is 0 Å². The minimum Gasteiger partial charge on any atom is -0.469 e. The number of nitrogens with one attached hydrogen (secondary N) is 2. The van der Waals surface area contributed by atoms with Gasteiger partial charge < -0.3 is 15.4 Å². The Morgan fingerprint density at radius 1 is 1.32 bits per heavy atom. The largest absolute Gasteiger partial charge is 0.469 e. The summed E-state index contributed by atoms with van der Waals surface area (Å²) in [5.74, 6) is -0.173. The van der Waals surface area contributed by atoms with Crippen LogP contribution in [0.1, 0.15) is 31.2 Å². The van der Waals surface area contributed by atoms with E-state index in [0.29, 0.717) is 25.3 Å². The minimum absolute atomic E-state index is 0. The van der Waals surface area contributed by atoms with Crippen molar-refractivity contribution in [3.05, 3.63) is 29.8 Å². The number of anilines is 1. The molecule has 1 amide bonds. The third kappa shape index (κ3) is 6.03. The molecule has 0 saturated carbocycles. The van der Waals surface area contributed by atoms with E-state index >= 15 is 0 Å². The summed E-state index contributed by atoms with van der Waals surface area (Å²) in [4.78, 5) is 23.0. The first kappa shape index (κ1) is 18.5. The molecule has 1 aliphatic heterocycles. The monoisotopic (exact) mass is 326 g/mol. The van der Waals surface area contributed by atoms with Crippen LogP contribution >= 0.6 is 12.4 Å². The van der Waals surface area contributed by atoms with E-state index < -0.39 is 0 Å². The predicted octanol–water partition coefficient (Wildman–Crippen LogP) is 2.29. The molecule has 22 heavy (non-hydrogen) atoms. The smallest absolute Gasteiger partial charge is 0.305 e. The van der Waals surface area contributed by atoms with Gasteiger partial charge in [0, 0.05) is 24.6 Å². The molecule has 6 heteroatoms. The third-order valence-electron chi connectivity index (χ3n) is 3.68. The zero-order valence-corrected chi connectivity index (χ0v) is 13.6. The van der Waals surface area contributed by atoms with E-state index in [1.165, 1.54) is 7.11 Å². The number of ether oxygens (including phenoxy) is 1. The molecular formula is C16H23ClN2O3. The van der Waals surface area contributed by atoms with E-state index in [1.807, 2.05) is 24.3 Å². The predicted molar refractivity (Wildman–Crippen MR) is 88.3 cm³/mol. The maximum atomic E-state index is 11.9. The molecule has 0 bridgehead atoms. The van der Waals surface area contributed by atoms with Crippen LogP contribution in [0.5, 0.6) is 0 Å². The number of carbonyl (C=O) groups is 2. The van der Waals surface area contributed by atoms with Gasteiger partial charge in [-0.15, -0.1) is 12.4 Å². The summed E-state index contributed by atoms with van der Waals surface area (Å²) in [6.07, 6.45) is 3.75. The molecule has 1 atom stereocenters. The van der Waals surface area contributed by atoms with E-state index in [-0.39, 0.29) is 24.3 Å². The van der Waals surface area contributed by atoms with Crippen LogP contribution in [0.2, 0.25) is 0 Å². The van der Waals surface area contributed by atoms with Crippen molar-refractivity contribution in [2.45, 2.75) is 38.1 Å². The van der Waals surface area contributed by atoms with Gasteiger partial charge in [-0.2, -0.15) is 0 Å². The van der Waals surface area contributed by atoms with E-state index in [2.05, 4.69) is 15.4 Å². The molecule has 2 N–H and O–H groups in total. The van der Waals surface area contributed by atoms with Gasteiger partial charge in [0.15, 0.2) is 0 Å². The number of benzene rings is 1. The first-order valence-electron chi connectivity index (χ1n) is 7.36. The molecule has 2 rings (SSSR count). The number of aryl methyl sites for hydroxylation is 1. The third-order valence-corrected chi connectivity index (χ3v) is 3.68. The highest BCUT2D eigenvalue weighted by molar-refractivity contribution is 5.91. The highest BCUT2D eigenvalue weighted by Gasteiger charge is 2.17. The molecule has 122 valence electrons. The number of esters is 1. The minimum atomic E-state index is -0.212. The number of amides is 1. The van der Waals surface area contributed by atoms with Crippen molar-refractivity contribution in [1.29, 1.82) is 0 Å². The van der Waals surface area contributed by atoms with Crippen LogP contribution in [0.25, 0.3) is 0 Å². The van der Waals surface area contributed by atoms with Crippen molar-refractivity contribution in [2.75, 3.05) is 19.0 Å². The second kappa shape index (κ2) is 9.43. The Hall–Kier alpha value is -1.59. The molecule has 1 heterocycles. The Labute approximate surface area is 137 Å². The van der Waals surface area contributed by atoms with Gasteiger partial charge in [-0.3, -0.25) is 9.59 Å². The highest BCUT2D eigenvalue weighted by Crippen LogP contribution is 2.14. The van der Waals surface area contributed by atoms with Gasteiger partial charge >= 0.3 is 5.97 Å². The number of methoxy groups -OCH3 is 1. The Balaban J connectivity index is 0.00000242. The number of carbonyl (C=O) groups excluding carboxylic acids is 2. The number of rotatable bonds is 6. The highest BCUT2D eigenvalue weighted by atomic mass is 35.5. The average molecular weight is 327 g/mol. The topological polar surface area (TPSA) is 67.4 Å². The number of hydrogen-bond donors (Lipinski definition) is 2. The summed E-state index contributed by atoms with van der Waals surface area (Å²) in [7, 11) is 1.39. The first-order valence-corrected chi connectivity index (χ1v) is 7.36. The lowest BCUT2D eigenvalue weighted by atomic mass is 10.1. The number of halogens is 1. The number of hydrogen-bond acceptors (Lipinski definition) is 4. The molecule has 1 aliphatic rings. The summed E-state index contributed by atoms with van der Waals surface area (Å²) in [6, 6.07) is 7.89. The zero-order valence-electron chi connectivity index (χ0n) is 12.8. The molecular weight excluding hydrogens is 304 g/mol. The molecule has 1 saturated heterocycles. The lowest BCUT2D eigenvalue weighted by molar-refractivity contribution is -0.140. The van der Waals surface area contributed by atoms with E-state index in [0.717, 1.165) is 30.6 Å². The summed E-state index contributed by atoms with van der Waals surface area (Å²) >= 11 is 0. The van der Waals surface area contributed by atoms with E-state index in [1.54, 1.807) is 0 Å². The Morgan fingerprint density at radius 3 is 2.64 bits per heavy atom. The van der Waals surface area contributed by atoms with Crippen LogP contribution in [0, 0.1) is 0 Å². The van der Waals surface area contributed by atoms with Gasteiger partial charge in [0.2, 0.25) is 5.91 Å². The molecule has 5 nitrogen and oxygen atoms in total. The average Bonchev–Trinajstić information content (AvgIpc) is 2.99. The van der Waals surface area contributed by atoms with Crippen LogP contribution in [-0.2, 0) is 20.7 Å². The van der Waals surface area contributed by atoms with E-state index in [4.69, 9.17) is 0 Å². The summed E-state index contributed by atoms with van der Waals surface area (Å²) < 4.78 is 4.61. The molecule has 1 aromatic rings. The first-order chi connectivity index (χ1) is 10.2. The van der Waals surface area contributed by atoms with Crippen molar-refractivity contribution in [3.63, 3.8) is 0 Å². The maximum Gasteiger partial charge on any atom is 0.305 e. The molecule has 1 fully saturated rings. The van der Waals surface area contributed by atoms with Gasteiger partial charge in [-0.25, -0.2) is 0 Å². The van der Waals surface area contributed by atoms with Gasteiger partial charge in [0.1, 0.15) is 0 Å². The van der Waals surface area contributed by atoms with Gasteiger partial charge in [-0.05, 0) is 43.5 Å². The van der Waals surface area contributed by atoms with Gasteiger partial charge in [-0.1, -0.05) is 12.1 Å². The molecule has 0 spiro atoms. The van der Waals surface area contributed by atoms with Crippen LogP contribution in [0.15, 0.2) is 24.3 Å². The second-order valence-electron chi connectivity index (χ2n) is 5.32.